The van der Waals surface area contributed by atoms with Gasteiger partial charge in [-0.2, -0.15) is 5.26 Å². The maximum Gasteiger partial charge on any atom is 0.255 e. The highest BCUT2D eigenvalue weighted by molar-refractivity contribution is 6.06. The van der Waals surface area contributed by atoms with Crippen molar-refractivity contribution < 1.29 is 14.7 Å². The number of nitrogens with zero attached hydrogens (tertiary/aromatic N) is 4. The first kappa shape index (κ1) is 25.8. The molecule has 2 aromatic heterocycles. The van der Waals surface area contributed by atoms with Crippen molar-refractivity contribution in [1.29, 1.82) is 5.26 Å². The minimum atomic E-state index is -0.418. The maximum atomic E-state index is 13.3. The van der Waals surface area contributed by atoms with Crippen molar-refractivity contribution in [2.75, 3.05) is 11.9 Å². The summed E-state index contributed by atoms with van der Waals surface area (Å²) in [4.78, 5) is 33.1. The predicted molar refractivity (Wildman–Crippen MR) is 146 cm³/mol. The number of carbonyl (C=O) groups is 2. The minimum absolute atomic E-state index is 0.134. The molecule has 0 radical (unpaired) electrons. The van der Waals surface area contributed by atoms with Gasteiger partial charge >= 0.3 is 0 Å². The number of piperidine rings is 1. The number of phenols is 1. The van der Waals surface area contributed by atoms with Crippen LogP contribution in [0.4, 0.5) is 5.69 Å². The monoisotopic (exact) mass is 513 g/mol. The average Bonchev–Trinajstić information content (AvgIpc) is 3.53. The van der Waals surface area contributed by atoms with E-state index in [4.69, 9.17) is 0 Å². The van der Waals surface area contributed by atoms with E-state index in [-0.39, 0.29) is 34.3 Å². The summed E-state index contributed by atoms with van der Waals surface area (Å²) in [5.74, 6) is 0.205. The normalized spacial score (nSPS) is 19.4. The van der Waals surface area contributed by atoms with Gasteiger partial charge in [0.2, 0.25) is 5.91 Å². The van der Waals surface area contributed by atoms with Crippen molar-refractivity contribution in [3.05, 3.63) is 52.8 Å². The van der Waals surface area contributed by atoms with Gasteiger partial charge in [-0.05, 0) is 81.7 Å². The van der Waals surface area contributed by atoms with Gasteiger partial charge in [0.05, 0.1) is 23.5 Å². The van der Waals surface area contributed by atoms with Crippen molar-refractivity contribution in [2.24, 2.45) is 13.0 Å². The predicted octanol–water partition coefficient (Wildman–Crippen LogP) is 5.39. The molecule has 1 saturated carbocycles. The number of aryl methyl sites for hydroxylation is 2. The molecule has 1 aliphatic carbocycles. The number of nitriles is 1. The average molecular weight is 514 g/mol. The summed E-state index contributed by atoms with van der Waals surface area (Å²) in [5, 5.41) is 23.0. The molecular weight excluding hydrogens is 478 g/mol. The summed E-state index contributed by atoms with van der Waals surface area (Å²) in [6.45, 7) is 7.08. The van der Waals surface area contributed by atoms with Gasteiger partial charge in [0.25, 0.3) is 5.91 Å². The third kappa shape index (κ3) is 4.62. The molecule has 3 heterocycles. The fraction of sp³-hybridized carbons (Fsp3) is 0.467. The molecule has 2 aliphatic rings. The molecule has 8 heteroatoms. The number of likely N-dealkylation sites (tertiary alicyclic amines) is 1. The molecule has 2 N–H and O–H groups in total. The van der Waals surface area contributed by atoms with Crippen LogP contribution in [0.25, 0.3) is 11.0 Å². The number of rotatable bonds is 4. The Balaban J connectivity index is 1.43. The molecule has 1 aliphatic heterocycles. The van der Waals surface area contributed by atoms with Gasteiger partial charge < -0.3 is 19.9 Å². The molecule has 8 nitrogen and oxygen atoms in total. The third-order valence-corrected chi connectivity index (χ3v) is 8.42. The Kier molecular flexibility index (Phi) is 6.64. The van der Waals surface area contributed by atoms with Gasteiger partial charge in [-0.25, -0.2) is 4.98 Å². The third-order valence-electron chi connectivity index (χ3n) is 8.42. The van der Waals surface area contributed by atoms with Crippen LogP contribution >= 0.6 is 0 Å². The Morgan fingerprint density at radius 2 is 1.92 bits per heavy atom. The van der Waals surface area contributed by atoms with E-state index in [1.54, 1.807) is 6.20 Å². The summed E-state index contributed by atoms with van der Waals surface area (Å²) in [6.07, 6.45) is 9.87. The number of anilines is 1. The zero-order valence-electron chi connectivity index (χ0n) is 22.5. The lowest BCUT2D eigenvalue weighted by Gasteiger charge is -2.46. The molecule has 2 amide bonds. The van der Waals surface area contributed by atoms with Crippen LogP contribution in [-0.2, 0) is 11.8 Å². The van der Waals surface area contributed by atoms with Crippen LogP contribution in [0.15, 0.2) is 30.6 Å². The lowest BCUT2D eigenvalue weighted by molar-refractivity contribution is -0.143. The molecule has 1 atom stereocenters. The summed E-state index contributed by atoms with van der Waals surface area (Å²) in [6, 6.07) is 6.07. The van der Waals surface area contributed by atoms with E-state index in [2.05, 4.69) is 35.2 Å². The van der Waals surface area contributed by atoms with E-state index in [1.165, 1.54) is 23.8 Å². The standard InChI is InChI=1S/C30H35N5O3/c1-18-25(33-28(37)22-11-19(15-31)12-23(36)13-22)16-32-27-26(18)24(17-34(27)4)21-9-10-35(30(2,3)14-21)29(38)20-7-5-6-8-20/h11-13,16-17,20-21,36H,5-10,14H2,1-4H3,(H,33,37)/t21-/m1/s1. The fourth-order valence-corrected chi connectivity index (χ4v) is 6.44. The van der Waals surface area contributed by atoms with E-state index in [0.717, 1.165) is 61.7 Å². The Bertz CT molecular complexity index is 1460. The number of amides is 2. The van der Waals surface area contributed by atoms with Crippen LogP contribution in [-0.4, -0.2) is 43.5 Å². The summed E-state index contributed by atoms with van der Waals surface area (Å²) >= 11 is 0. The number of aromatic hydroxyl groups is 1. The largest absolute Gasteiger partial charge is 0.508 e. The first-order chi connectivity index (χ1) is 18.1. The number of benzene rings is 1. The molecular formula is C30H35N5O3. The van der Waals surface area contributed by atoms with E-state index in [1.807, 2.05) is 24.6 Å². The molecule has 0 bridgehead atoms. The first-order valence-electron chi connectivity index (χ1n) is 13.4. The van der Waals surface area contributed by atoms with E-state index < -0.39 is 5.91 Å². The topological polar surface area (TPSA) is 111 Å². The minimum Gasteiger partial charge on any atom is -0.508 e. The van der Waals surface area contributed by atoms with E-state index >= 15 is 0 Å². The molecule has 1 aromatic carbocycles. The molecule has 198 valence electrons. The molecule has 3 aromatic rings. The van der Waals surface area contributed by atoms with Crippen molar-refractivity contribution >= 4 is 28.5 Å². The van der Waals surface area contributed by atoms with Crippen molar-refractivity contribution in [3.63, 3.8) is 0 Å². The quantitative estimate of drug-likeness (QED) is 0.486. The van der Waals surface area contributed by atoms with Crippen molar-refractivity contribution in [1.82, 2.24) is 14.5 Å². The molecule has 5 rings (SSSR count). The number of fused-ring (bicyclic) bond motifs is 1. The summed E-state index contributed by atoms with van der Waals surface area (Å²) in [7, 11) is 1.98. The highest BCUT2D eigenvalue weighted by Crippen LogP contribution is 2.43. The molecule has 0 unspecified atom stereocenters. The van der Waals surface area contributed by atoms with Gasteiger partial charge in [-0.15, -0.1) is 0 Å². The van der Waals surface area contributed by atoms with Crippen LogP contribution in [0.2, 0.25) is 0 Å². The highest BCUT2D eigenvalue weighted by Gasteiger charge is 2.41. The van der Waals surface area contributed by atoms with Crippen LogP contribution < -0.4 is 5.32 Å². The Labute approximate surface area is 223 Å². The molecule has 1 saturated heterocycles. The number of carbonyl (C=O) groups excluding carboxylic acids is 2. The van der Waals surface area contributed by atoms with Crippen LogP contribution in [0.3, 0.4) is 0 Å². The van der Waals surface area contributed by atoms with Crippen molar-refractivity contribution in [2.45, 2.75) is 70.8 Å². The number of pyridine rings is 1. The zero-order chi connectivity index (χ0) is 27.2. The summed E-state index contributed by atoms with van der Waals surface area (Å²) < 4.78 is 2.03. The van der Waals surface area contributed by atoms with Crippen LogP contribution in [0, 0.1) is 24.2 Å². The Morgan fingerprint density at radius 3 is 2.61 bits per heavy atom. The second kappa shape index (κ2) is 9.79. The maximum absolute atomic E-state index is 13.3. The zero-order valence-corrected chi connectivity index (χ0v) is 22.5. The van der Waals surface area contributed by atoms with Crippen LogP contribution in [0.5, 0.6) is 5.75 Å². The lowest BCUT2D eigenvalue weighted by Crippen LogP contribution is -2.53. The second-order valence-electron chi connectivity index (χ2n) is 11.5. The van der Waals surface area contributed by atoms with E-state index in [0.29, 0.717) is 11.6 Å². The molecule has 0 spiro atoms. The lowest BCUT2D eigenvalue weighted by atomic mass is 9.78. The van der Waals surface area contributed by atoms with Gasteiger partial charge in [-0.1, -0.05) is 12.8 Å². The molecule has 2 fully saturated rings. The Morgan fingerprint density at radius 1 is 1.18 bits per heavy atom. The fourth-order valence-electron chi connectivity index (χ4n) is 6.44. The van der Waals surface area contributed by atoms with Gasteiger partial charge in [0.1, 0.15) is 11.4 Å². The number of nitrogens with one attached hydrogen (secondary N) is 1. The number of hydrogen-bond donors (Lipinski definition) is 2. The number of aromatic nitrogens is 2. The van der Waals surface area contributed by atoms with E-state index in [9.17, 15) is 20.0 Å². The van der Waals surface area contributed by atoms with Crippen molar-refractivity contribution in [3.8, 4) is 11.8 Å². The number of hydrogen-bond acceptors (Lipinski definition) is 5. The van der Waals surface area contributed by atoms with Gasteiger partial charge in [0, 0.05) is 42.2 Å². The highest BCUT2D eigenvalue weighted by atomic mass is 16.3. The SMILES string of the molecule is Cc1c(NC(=O)c2cc(O)cc(C#N)c2)cnc2c1c([C@@H]1CCN(C(=O)C3CCCC3)C(C)(C)C1)cn2C. The summed E-state index contributed by atoms with van der Waals surface area (Å²) in [5.41, 5.74) is 3.72. The molecule has 38 heavy (non-hydrogen) atoms. The van der Waals surface area contributed by atoms with Crippen LogP contribution in [0.1, 0.15) is 85.3 Å². The number of phenolic OH excluding ortho intramolecular Hbond substituents is 1. The Hall–Kier alpha value is -3.86. The first-order valence-corrected chi connectivity index (χ1v) is 13.4. The van der Waals surface area contributed by atoms with Gasteiger partial charge in [-0.3, -0.25) is 9.59 Å². The second-order valence-corrected chi connectivity index (χ2v) is 11.5. The van der Waals surface area contributed by atoms with Gasteiger partial charge in [0.15, 0.2) is 0 Å². The smallest absolute Gasteiger partial charge is 0.255 e.